The van der Waals surface area contributed by atoms with Gasteiger partial charge in [-0.2, -0.15) is 0 Å². The predicted molar refractivity (Wildman–Crippen MR) is 166 cm³/mol. The smallest absolute Gasteiger partial charge is 0.443 e. The Hall–Kier alpha value is -3.66. The van der Waals surface area contributed by atoms with Gasteiger partial charge >= 0.3 is 6.09 Å². The first-order chi connectivity index (χ1) is 19.7. The lowest BCUT2D eigenvalue weighted by molar-refractivity contribution is -0.0987. The third-order valence-corrected chi connectivity index (χ3v) is 7.37. The van der Waals surface area contributed by atoms with E-state index >= 15 is 4.39 Å². The van der Waals surface area contributed by atoms with Crippen molar-refractivity contribution in [2.75, 3.05) is 7.11 Å². The number of benzene rings is 2. The minimum Gasteiger partial charge on any atom is -0.497 e. The molecule has 2 heterocycles. The summed E-state index contributed by atoms with van der Waals surface area (Å²) < 4.78 is 29.3. The molecule has 0 aliphatic heterocycles. The number of ether oxygens (including phenoxy) is 2. The number of amides is 1. The van der Waals surface area contributed by atoms with Crippen LogP contribution in [0.4, 0.5) is 9.18 Å². The molecule has 0 N–H and O–H groups in total. The molecule has 4 rings (SSSR count). The summed E-state index contributed by atoms with van der Waals surface area (Å²) in [5, 5.41) is 2.54. The fourth-order valence-electron chi connectivity index (χ4n) is 5.00. The van der Waals surface area contributed by atoms with Crippen LogP contribution in [-0.4, -0.2) is 39.5 Å². The van der Waals surface area contributed by atoms with Gasteiger partial charge in [-0.15, -0.1) is 5.06 Å². The second kappa shape index (κ2) is 12.3. The van der Waals surface area contributed by atoms with Gasteiger partial charge in [0.2, 0.25) is 5.75 Å². The van der Waals surface area contributed by atoms with Gasteiger partial charge in [0.25, 0.3) is 5.56 Å². The Balaban J connectivity index is 1.95. The number of carbonyl (C=O) groups is 1. The van der Waals surface area contributed by atoms with Crippen LogP contribution in [0.3, 0.4) is 0 Å². The van der Waals surface area contributed by atoms with Gasteiger partial charge in [0.15, 0.2) is 5.82 Å². The number of aromatic nitrogens is 2. The van der Waals surface area contributed by atoms with Gasteiger partial charge in [-0.25, -0.2) is 9.18 Å². The molecule has 0 spiro atoms. The Bertz CT molecular complexity index is 1680. The highest BCUT2D eigenvalue weighted by Gasteiger charge is 2.31. The molecule has 2 aromatic heterocycles. The van der Waals surface area contributed by atoms with Crippen LogP contribution in [-0.2, 0) is 11.3 Å². The van der Waals surface area contributed by atoms with Crippen molar-refractivity contribution in [1.82, 2.24) is 14.6 Å². The number of nitrogens with zero attached hydrogens (tertiary/aromatic N) is 3. The molecule has 42 heavy (non-hydrogen) atoms. The Kier molecular flexibility index (Phi) is 9.15. The molecule has 0 radical (unpaired) electrons. The van der Waals surface area contributed by atoms with Crippen LogP contribution in [0.1, 0.15) is 59.2 Å². The first kappa shape index (κ1) is 31.3. The van der Waals surface area contributed by atoms with Crippen LogP contribution < -0.4 is 15.1 Å². The lowest BCUT2D eigenvalue weighted by Crippen LogP contribution is -2.45. The molecule has 2 aromatic carbocycles. The highest BCUT2D eigenvalue weighted by Crippen LogP contribution is 2.38. The van der Waals surface area contributed by atoms with Crippen LogP contribution >= 0.6 is 15.9 Å². The molecule has 0 bridgehead atoms. The van der Waals surface area contributed by atoms with Gasteiger partial charge < -0.3 is 18.9 Å². The van der Waals surface area contributed by atoms with Gasteiger partial charge in [0.05, 0.1) is 40.8 Å². The molecule has 1 atom stereocenters. The van der Waals surface area contributed by atoms with Gasteiger partial charge in [-0.1, -0.05) is 26.0 Å². The highest BCUT2D eigenvalue weighted by atomic mass is 79.9. The fourth-order valence-corrected chi connectivity index (χ4v) is 5.47. The number of fused-ring (bicyclic) bond motifs is 3. The molecule has 8 nitrogen and oxygen atoms in total. The van der Waals surface area contributed by atoms with E-state index in [1.54, 1.807) is 65.3 Å². The van der Waals surface area contributed by atoms with Crippen molar-refractivity contribution in [3.63, 3.8) is 0 Å². The normalized spacial score (nSPS) is 12.5. The van der Waals surface area contributed by atoms with Crippen molar-refractivity contribution < 1.29 is 23.5 Å². The second-order valence-corrected chi connectivity index (χ2v) is 12.7. The molecule has 10 heteroatoms. The summed E-state index contributed by atoms with van der Waals surface area (Å²) in [5.74, 6) is -0.113. The number of hydroxylamine groups is 2. The average Bonchev–Trinajstić information content (AvgIpc) is 2.89. The molecule has 224 valence electrons. The molecule has 0 saturated carbocycles. The zero-order chi connectivity index (χ0) is 30.9. The Morgan fingerprint density at radius 1 is 1.12 bits per heavy atom. The van der Waals surface area contributed by atoms with Crippen LogP contribution in [0.15, 0.2) is 51.9 Å². The number of carbonyl (C=O) groups excluding carboxylic acids is 1. The Labute approximate surface area is 253 Å². The number of hydrogen-bond acceptors (Lipinski definition) is 6. The van der Waals surface area contributed by atoms with E-state index in [9.17, 15) is 9.59 Å². The minimum atomic E-state index is -0.793. The maximum absolute atomic E-state index is 16.8. The lowest BCUT2D eigenvalue weighted by atomic mass is 10.0. The molecule has 4 aromatic rings. The number of halogens is 2. The molecule has 0 saturated heterocycles. The van der Waals surface area contributed by atoms with E-state index < -0.39 is 23.6 Å². The molecule has 0 unspecified atom stereocenters. The maximum Gasteiger partial charge on any atom is 0.443 e. The second-order valence-electron chi connectivity index (χ2n) is 11.8. The predicted octanol–water partition coefficient (Wildman–Crippen LogP) is 7.78. The summed E-state index contributed by atoms with van der Waals surface area (Å²) >= 11 is 3.48. The van der Waals surface area contributed by atoms with Crippen LogP contribution in [0.2, 0.25) is 0 Å². The topological polar surface area (TPSA) is 82.9 Å². The molecule has 0 aliphatic carbocycles. The highest BCUT2D eigenvalue weighted by molar-refractivity contribution is 9.10. The monoisotopic (exact) mass is 641 g/mol. The van der Waals surface area contributed by atoms with E-state index in [1.165, 1.54) is 4.57 Å². The van der Waals surface area contributed by atoms with Gasteiger partial charge in [0.1, 0.15) is 11.4 Å². The fraction of sp³-hybridized carbons (Fsp3) is 0.406. The van der Waals surface area contributed by atoms with E-state index in [4.69, 9.17) is 14.3 Å². The van der Waals surface area contributed by atoms with E-state index in [1.807, 2.05) is 32.9 Å². The van der Waals surface area contributed by atoms with Crippen LogP contribution in [0, 0.1) is 18.7 Å². The maximum atomic E-state index is 16.8. The van der Waals surface area contributed by atoms with E-state index in [0.717, 1.165) is 10.6 Å². The molecular weight excluding hydrogens is 605 g/mol. The number of hydrogen-bond donors (Lipinski definition) is 0. The van der Waals surface area contributed by atoms with E-state index in [2.05, 4.69) is 20.9 Å². The van der Waals surface area contributed by atoms with Gasteiger partial charge in [0, 0.05) is 17.0 Å². The summed E-state index contributed by atoms with van der Waals surface area (Å²) in [4.78, 5) is 37.6. The summed E-state index contributed by atoms with van der Waals surface area (Å²) in [6, 6.07) is 10.2. The summed E-state index contributed by atoms with van der Waals surface area (Å²) in [5.41, 5.74) is 0.180. The summed E-state index contributed by atoms with van der Waals surface area (Å²) in [6.45, 7) is 13.0. The van der Waals surface area contributed by atoms with Crippen molar-refractivity contribution in [2.45, 2.75) is 73.1 Å². The molecule has 0 fully saturated rings. The SMILES string of the molecule is COc1ccc(Cn2c(=O)c3c(C)nccc3c3cc(Br)c(ON(C(=O)OC(C)(C)C)[C@@H](C)CC(C)C)c(F)c32)cc1. The van der Waals surface area contributed by atoms with Crippen molar-refractivity contribution in [3.8, 4) is 11.5 Å². The summed E-state index contributed by atoms with van der Waals surface area (Å²) in [6.07, 6.45) is 1.45. The Morgan fingerprint density at radius 2 is 1.79 bits per heavy atom. The number of aryl methyl sites for hydroxylation is 1. The molecule has 1 amide bonds. The third-order valence-electron chi connectivity index (χ3n) is 6.79. The van der Waals surface area contributed by atoms with Crippen molar-refractivity contribution >= 4 is 43.7 Å². The zero-order valence-electron chi connectivity index (χ0n) is 25.2. The van der Waals surface area contributed by atoms with Crippen LogP contribution in [0.5, 0.6) is 11.5 Å². The average molecular weight is 643 g/mol. The number of methoxy groups -OCH3 is 1. The molecular formula is C32H37BrFN3O5. The van der Waals surface area contributed by atoms with Crippen molar-refractivity contribution in [3.05, 3.63) is 74.5 Å². The van der Waals surface area contributed by atoms with Gasteiger partial charge in [-0.3, -0.25) is 9.78 Å². The van der Waals surface area contributed by atoms with Crippen LogP contribution in [0.25, 0.3) is 21.7 Å². The Morgan fingerprint density at radius 3 is 2.38 bits per heavy atom. The van der Waals surface area contributed by atoms with Gasteiger partial charge in [-0.05, 0) is 92.7 Å². The quantitative estimate of drug-likeness (QED) is 0.144. The summed E-state index contributed by atoms with van der Waals surface area (Å²) in [7, 11) is 1.57. The number of pyridine rings is 2. The van der Waals surface area contributed by atoms with E-state index in [-0.39, 0.29) is 33.8 Å². The van der Waals surface area contributed by atoms with Crippen molar-refractivity contribution in [1.29, 1.82) is 0 Å². The molecule has 0 aliphatic rings. The third kappa shape index (κ3) is 6.53. The number of rotatable bonds is 8. The minimum absolute atomic E-state index is 0.0489. The van der Waals surface area contributed by atoms with Crippen molar-refractivity contribution in [2.24, 2.45) is 5.92 Å². The standard InChI is InChI=1S/C32H37BrFN3O5/c1-18(2)15-19(3)37(31(39)41-32(5,6)7)42-29-25(33)16-24-23-13-14-35-20(4)26(23)30(38)36(28(24)27(29)34)17-21-9-11-22(40-8)12-10-21/h9-14,16,18-19H,15,17H2,1-8H3/t19-/m0/s1. The first-order valence-electron chi connectivity index (χ1n) is 13.8. The lowest BCUT2D eigenvalue weighted by Gasteiger charge is -2.32. The first-order valence-corrected chi connectivity index (χ1v) is 14.6. The van der Waals surface area contributed by atoms with E-state index in [0.29, 0.717) is 34.0 Å². The zero-order valence-corrected chi connectivity index (χ0v) is 26.8. The largest absolute Gasteiger partial charge is 0.497 e.